The van der Waals surface area contributed by atoms with Crippen molar-refractivity contribution >= 4 is 0 Å². The van der Waals surface area contributed by atoms with E-state index >= 15 is 0 Å². The van der Waals surface area contributed by atoms with Crippen molar-refractivity contribution in [2.24, 2.45) is 0 Å². The summed E-state index contributed by atoms with van der Waals surface area (Å²) in [5.41, 5.74) is 5.71. The lowest BCUT2D eigenvalue weighted by molar-refractivity contribution is 0.464. The summed E-state index contributed by atoms with van der Waals surface area (Å²) in [6.07, 6.45) is 10.3. The number of aromatic hydroxyl groups is 2. The number of phenolic OH excluding ortho intramolecular Hbond substituents is 2. The van der Waals surface area contributed by atoms with E-state index in [2.05, 4.69) is 26.3 Å². The highest BCUT2D eigenvalue weighted by molar-refractivity contribution is 5.49. The minimum atomic E-state index is 0.323. The number of phenols is 2. The largest absolute Gasteiger partial charge is 0.507 e. The molecule has 0 aromatic heterocycles. The predicted octanol–water partition coefficient (Wildman–Crippen LogP) is 5.60. The first-order valence-corrected chi connectivity index (χ1v) is 9.14. The fourth-order valence-electron chi connectivity index (χ4n) is 3.35. The Kier molecular flexibility index (Phi) is 7.25. The van der Waals surface area contributed by atoms with Gasteiger partial charge in [0, 0.05) is 0 Å². The van der Waals surface area contributed by atoms with Crippen LogP contribution in [0.2, 0.25) is 0 Å². The zero-order valence-electron chi connectivity index (χ0n) is 15.9. The molecule has 0 heterocycles. The van der Waals surface area contributed by atoms with Gasteiger partial charge in [0.2, 0.25) is 0 Å². The van der Waals surface area contributed by atoms with Crippen LogP contribution in [-0.4, -0.2) is 10.2 Å². The third-order valence-electron chi connectivity index (χ3n) is 4.52. The number of benzene rings is 2. The van der Waals surface area contributed by atoms with E-state index in [4.69, 9.17) is 0 Å². The van der Waals surface area contributed by atoms with Gasteiger partial charge in [0.25, 0.3) is 0 Å². The van der Waals surface area contributed by atoms with Crippen molar-refractivity contribution < 1.29 is 10.2 Å². The SMILES string of the molecule is C=CCc1cc(Cc2cc(CC=C)c(O)c(CC=C)c2)cc(CC=C)c1O. The molecule has 2 nitrogen and oxygen atoms in total. The Morgan fingerprint density at radius 1 is 0.556 bits per heavy atom. The van der Waals surface area contributed by atoms with Gasteiger partial charge in [-0.25, -0.2) is 0 Å². The molecule has 0 unspecified atom stereocenters. The summed E-state index contributed by atoms with van der Waals surface area (Å²) in [6.45, 7) is 15.1. The second kappa shape index (κ2) is 9.63. The van der Waals surface area contributed by atoms with Gasteiger partial charge in [-0.2, -0.15) is 0 Å². The molecule has 0 saturated heterocycles. The van der Waals surface area contributed by atoms with Crippen molar-refractivity contribution in [2.75, 3.05) is 0 Å². The van der Waals surface area contributed by atoms with Crippen LogP contribution in [0.15, 0.2) is 74.9 Å². The van der Waals surface area contributed by atoms with Crippen LogP contribution in [0, 0.1) is 0 Å². The van der Waals surface area contributed by atoms with Crippen LogP contribution < -0.4 is 0 Å². The highest BCUT2D eigenvalue weighted by Gasteiger charge is 2.12. The first-order valence-electron chi connectivity index (χ1n) is 9.14. The number of hydrogen-bond donors (Lipinski definition) is 2. The van der Waals surface area contributed by atoms with E-state index in [1.54, 1.807) is 24.3 Å². The Morgan fingerprint density at radius 2 is 0.815 bits per heavy atom. The summed E-state index contributed by atoms with van der Waals surface area (Å²) in [4.78, 5) is 0. The van der Waals surface area contributed by atoms with Crippen LogP contribution in [0.25, 0.3) is 0 Å². The van der Waals surface area contributed by atoms with Crippen LogP contribution in [0.1, 0.15) is 33.4 Å². The van der Waals surface area contributed by atoms with E-state index < -0.39 is 0 Å². The minimum Gasteiger partial charge on any atom is -0.507 e. The Morgan fingerprint density at radius 3 is 1.04 bits per heavy atom. The average Bonchev–Trinajstić information content (AvgIpc) is 2.63. The molecule has 2 aromatic carbocycles. The highest BCUT2D eigenvalue weighted by Crippen LogP contribution is 2.30. The minimum absolute atomic E-state index is 0.323. The van der Waals surface area contributed by atoms with Crippen molar-refractivity contribution in [2.45, 2.75) is 32.1 Å². The van der Waals surface area contributed by atoms with Gasteiger partial charge in [-0.3, -0.25) is 0 Å². The van der Waals surface area contributed by atoms with Gasteiger partial charge >= 0.3 is 0 Å². The lowest BCUT2D eigenvalue weighted by Crippen LogP contribution is -1.98. The molecule has 2 aromatic rings. The summed E-state index contributed by atoms with van der Waals surface area (Å²) in [7, 11) is 0. The molecule has 2 rings (SSSR count). The van der Waals surface area contributed by atoms with Gasteiger partial charge in [0.15, 0.2) is 0 Å². The fraction of sp³-hybridized carbons (Fsp3) is 0.200. The zero-order valence-corrected chi connectivity index (χ0v) is 15.9. The Labute approximate surface area is 162 Å². The molecule has 0 fully saturated rings. The summed E-state index contributed by atoms with van der Waals surface area (Å²) < 4.78 is 0. The Hall–Kier alpha value is -3.00. The quantitative estimate of drug-likeness (QED) is 0.541. The summed E-state index contributed by atoms with van der Waals surface area (Å²) >= 11 is 0. The molecule has 2 heteroatoms. The van der Waals surface area contributed by atoms with Crippen LogP contribution in [-0.2, 0) is 32.1 Å². The molecular formula is C25H28O2. The Bertz CT molecular complexity index is 725. The van der Waals surface area contributed by atoms with Crippen molar-refractivity contribution in [3.8, 4) is 11.5 Å². The summed E-state index contributed by atoms with van der Waals surface area (Å²) in [5.74, 6) is 0.646. The van der Waals surface area contributed by atoms with E-state index in [1.165, 1.54) is 0 Å². The maximum atomic E-state index is 10.5. The van der Waals surface area contributed by atoms with E-state index in [0.717, 1.165) is 33.4 Å². The molecule has 140 valence electrons. The second-order valence-corrected chi connectivity index (χ2v) is 6.67. The number of allylic oxidation sites excluding steroid dienone is 4. The van der Waals surface area contributed by atoms with Crippen LogP contribution in [0.3, 0.4) is 0 Å². The number of hydrogen-bond acceptors (Lipinski definition) is 2. The lowest BCUT2D eigenvalue weighted by atomic mass is 9.93. The highest BCUT2D eigenvalue weighted by atomic mass is 16.3. The molecule has 0 aliphatic rings. The lowest BCUT2D eigenvalue weighted by Gasteiger charge is -2.14. The third kappa shape index (κ3) is 5.01. The molecular weight excluding hydrogens is 332 g/mol. The average molecular weight is 360 g/mol. The fourth-order valence-corrected chi connectivity index (χ4v) is 3.35. The van der Waals surface area contributed by atoms with Crippen molar-refractivity contribution in [3.05, 3.63) is 108 Å². The van der Waals surface area contributed by atoms with Gasteiger partial charge in [0.05, 0.1) is 0 Å². The topological polar surface area (TPSA) is 40.5 Å². The molecule has 0 bridgehead atoms. The first kappa shape index (κ1) is 20.3. The van der Waals surface area contributed by atoms with E-state index in [9.17, 15) is 10.2 Å². The Balaban J connectivity index is 2.48. The molecule has 0 aliphatic heterocycles. The van der Waals surface area contributed by atoms with Crippen molar-refractivity contribution in [3.63, 3.8) is 0 Å². The van der Waals surface area contributed by atoms with Crippen LogP contribution in [0.5, 0.6) is 11.5 Å². The van der Waals surface area contributed by atoms with Gasteiger partial charge in [0.1, 0.15) is 11.5 Å². The maximum absolute atomic E-state index is 10.5. The van der Waals surface area contributed by atoms with E-state index in [1.807, 2.05) is 24.3 Å². The molecule has 0 radical (unpaired) electrons. The predicted molar refractivity (Wildman–Crippen MR) is 115 cm³/mol. The smallest absolute Gasteiger partial charge is 0.122 e. The second-order valence-electron chi connectivity index (χ2n) is 6.67. The molecule has 0 atom stereocenters. The molecule has 27 heavy (non-hydrogen) atoms. The first-order chi connectivity index (χ1) is 13.0. The monoisotopic (exact) mass is 360 g/mol. The van der Waals surface area contributed by atoms with Crippen molar-refractivity contribution in [1.82, 2.24) is 0 Å². The molecule has 0 saturated carbocycles. The molecule has 0 amide bonds. The van der Waals surface area contributed by atoms with E-state index in [0.29, 0.717) is 43.6 Å². The standard InChI is InChI=1S/C25H28O2/c1-5-9-20-14-18(15-21(10-6-2)24(20)26)13-19-16-22(11-7-3)25(27)23(17-19)12-8-4/h5-8,14-17,26-27H,1-4,9-13H2. The number of rotatable bonds is 10. The van der Waals surface area contributed by atoms with Crippen LogP contribution in [0.4, 0.5) is 0 Å². The molecule has 0 aliphatic carbocycles. The summed E-state index contributed by atoms with van der Waals surface area (Å²) in [5, 5.41) is 20.9. The maximum Gasteiger partial charge on any atom is 0.122 e. The third-order valence-corrected chi connectivity index (χ3v) is 4.52. The molecule has 2 N–H and O–H groups in total. The van der Waals surface area contributed by atoms with Crippen molar-refractivity contribution in [1.29, 1.82) is 0 Å². The molecule has 0 spiro atoms. The van der Waals surface area contributed by atoms with Gasteiger partial charge in [-0.1, -0.05) is 48.6 Å². The zero-order chi connectivity index (χ0) is 19.8. The summed E-state index contributed by atoms with van der Waals surface area (Å²) in [6, 6.07) is 8.10. The van der Waals surface area contributed by atoms with Crippen LogP contribution >= 0.6 is 0 Å². The van der Waals surface area contributed by atoms with Gasteiger partial charge in [-0.15, -0.1) is 26.3 Å². The van der Waals surface area contributed by atoms with Gasteiger partial charge in [-0.05, 0) is 65.5 Å². The van der Waals surface area contributed by atoms with E-state index in [-0.39, 0.29) is 0 Å². The van der Waals surface area contributed by atoms with Gasteiger partial charge < -0.3 is 10.2 Å². The normalized spacial score (nSPS) is 10.4.